The van der Waals surface area contributed by atoms with E-state index in [0.29, 0.717) is 34.1 Å². The lowest BCUT2D eigenvalue weighted by Gasteiger charge is -2.47. The van der Waals surface area contributed by atoms with Gasteiger partial charge < -0.3 is 10.3 Å². The van der Waals surface area contributed by atoms with E-state index in [9.17, 15) is 0 Å². The van der Waals surface area contributed by atoms with Crippen molar-refractivity contribution in [1.82, 2.24) is 24.9 Å². The van der Waals surface area contributed by atoms with Crippen LogP contribution in [-0.2, 0) is 0 Å². The first-order valence-corrected chi connectivity index (χ1v) is 13.6. The molecule has 2 bridgehead atoms. The van der Waals surface area contributed by atoms with Crippen molar-refractivity contribution in [2.45, 2.75) is 57.4 Å². The maximum atomic E-state index is 6.17. The van der Waals surface area contributed by atoms with Gasteiger partial charge in [-0.1, -0.05) is 18.5 Å². The van der Waals surface area contributed by atoms with Crippen molar-refractivity contribution in [1.29, 1.82) is 0 Å². The summed E-state index contributed by atoms with van der Waals surface area (Å²) in [6.45, 7) is 2.41. The number of thiophene rings is 1. The third-order valence-corrected chi connectivity index (χ3v) is 9.58. The highest BCUT2D eigenvalue weighted by Crippen LogP contribution is 2.47. The number of fused-ring (bicyclic) bond motifs is 4. The van der Waals surface area contributed by atoms with Crippen LogP contribution in [0.4, 0.5) is 5.82 Å². The molecule has 0 aromatic carbocycles. The minimum absolute atomic E-state index is 0.363. The SMILES string of the molecule is C[C@H]1C2CCC(CC2)[C@@H]1Nc1cc(-c2ccc(C3CC3)s2)nc(-c2c[nH]c3ncc(Cl)nc23)n1. The maximum Gasteiger partial charge on any atom is 0.165 e. The first-order chi connectivity index (χ1) is 16.6. The molecule has 4 aromatic rings. The molecule has 8 heteroatoms. The summed E-state index contributed by atoms with van der Waals surface area (Å²) in [4.78, 5) is 24.7. The quantitative estimate of drug-likeness (QED) is 0.317. The van der Waals surface area contributed by atoms with Crippen LogP contribution in [0, 0.1) is 17.8 Å². The Morgan fingerprint density at radius 3 is 2.65 bits per heavy atom. The van der Waals surface area contributed by atoms with Crippen LogP contribution in [0.3, 0.4) is 0 Å². The standard InChI is InChI=1S/C26H27ClN6S/c1-13-14-2-6-16(7-3-14)23(13)32-22-10-18(20-9-8-19(34-20)15-4-5-15)30-25(33-22)17-11-28-26-24(17)31-21(27)12-29-26/h8-16,23H,2-7H2,1H3,(H,28,29)(H,30,32,33)/t13-,14?,16?,23+/m0/s1. The van der Waals surface area contributed by atoms with Gasteiger partial charge in [0.15, 0.2) is 11.5 Å². The highest BCUT2D eigenvalue weighted by Gasteiger charge is 2.41. The van der Waals surface area contributed by atoms with Gasteiger partial charge in [0.2, 0.25) is 0 Å². The molecule has 4 fully saturated rings. The Morgan fingerprint density at radius 2 is 1.85 bits per heavy atom. The van der Waals surface area contributed by atoms with E-state index in [1.807, 2.05) is 17.5 Å². The van der Waals surface area contributed by atoms with Crippen LogP contribution in [0.15, 0.2) is 30.6 Å². The molecule has 8 rings (SSSR count). The first-order valence-electron chi connectivity index (χ1n) is 12.4. The highest BCUT2D eigenvalue weighted by molar-refractivity contribution is 7.15. The molecule has 0 amide bonds. The average Bonchev–Trinajstić information content (AvgIpc) is 3.43. The van der Waals surface area contributed by atoms with Gasteiger partial charge in [-0.3, -0.25) is 0 Å². The van der Waals surface area contributed by atoms with Gasteiger partial charge in [-0.15, -0.1) is 11.3 Å². The molecule has 4 saturated carbocycles. The van der Waals surface area contributed by atoms with Crippen LogP contribution in [0.5, 0.6) is 0 Å². The number of aromatic amines is 1. The number of aromatic nitrogens is 5. The maximum absolute atomic E-state index is 6.17. The number of anilines is 1. The monoisotopic (exact) mass is 490 g/mol. The van der Waals surface area contributed by atoms with Crippen molar-refractivity contribution < 1.29 is 0 Å². The normalized spacial score (nSPS) is 26.3. The second-order valence-electron chi connectivity index (χ2n) is 10.2. The fourth-order valence-electron chi connectivity index (χ4n) is 6.06. The van der Waals surface area contributed by atoms with Crippen molar-refractivity contribution >= 4 is 39.9 Å². The predicted molar refractivity (Wildman–Crippen MR) is 137 cm³/mol. The minimum atomic E-state index is 0.363. The Labute approximate surface area is 207 Å². The zero-order valence-electron chi connectivity index (χ0n) is 19.1. The zero-order valence-corrected chi connectivity index (χ0v) is 20.7. The minimum Gasteiger partial charge on any atom is -0.367 e. The number of rotatable bonds is 5. The Morgan fingerprint density at radius 1 is 1.03 bits per heavy atom. The van der Waals surface area contributed by atoms with Crippen molar-refractivity contribution in [2.75, 3.05) is 5.32 Å². The molecular formula is C26H27ClN6S. The summed E-state index contributed by atoms with van der Waals surface area (Å²) in [6, 6.07) is 7.08. The van der Waals surface area contributed by atoms with Crippen LogP contribution < -0.4 is 5.32 Å². The van der Waals surface area contributed by atoms with Crippen molar-refractivity contribution in [2.24, 2.45) is 17.8 Å². The summed E-state index contributed by atoms with van der Waals surface area (Å²) < 4.78 is 0. The number of hydrogen-bond donors (Lipinski definition) is 2. The van der Waals surface area contributed by atoms with Gasteiger partial charge in [0.1, 0.15) is 16.5 Å². The van der Waals surface area contributed by atoms with Crippen LogP contribution in [0.25, 0.3) is 33.1 Å². The predicted octanol–water partition coefficient (Wildman–Crippen LogP) is 6.91. The third-order valence-electron chi connectivity index (χ3n) is 8.13. The van der Waals surface area contributed by atoms with E-state index in [-0.39, 0.29) is 0 Å². The average molecular weight is 491 g/mol. The number of hydrogen-bond acceptors (Lipinski definition) is 6. The number of nitrogens with one attached hydrogen (secondary N) is 2. The molecule has 0 unspecified atom stereocenters. The van der Waals surface area contributed by atoms with Gasteiger partial charge in [0, 0.05) is 23.2 Å². The summed E-state index contributed by atoms with van der Waals surface area (Å²) in [5, 5.41) is 4.22. The van der Waals surface area contributed by atoms with Crippen molar-refractivity contribution in [3.63, 3.8) is 0 Å². The second kappa shape index (κ2) is 8.02. The fourth-order valence-corrected chi connectivity index (χ4v) is 7.33. The van der Waals surface area contributed by atoms with Gasteiger partial charge >= 0.3 is 0 Å². The molecule has 4 heterocycles. The van der Waals surface area contributed by atoms with E-state index in [4.69, 9.17) is 21.6 Å². The molecule has 34 heavy (non-hydrogen) atoms. The lowest BCUT2D eigenvalue weighted by atomic mass is 9.62. The van der Waals surface area contributed by atoms with E-state index in [0.717, 1.165) is 34.8 Å². The molecule has 174 valence electrons. The summed E-state index contributed by atoms with van der Waals surface area (Å²) >= 11 is 8.03. The molecular weight excluding hydrogens is 464 g/mol. The second-order valence-corrected chi connectivity index (χ2v) is 11.7. The molecule has 0 spiro atoms. The highest BCUT2D eigenvalue weighted by atomic mass is 35.5. The molecule has 0 aliphatic heterocycles. The number of nitrogens with zero attached hydrogens (tertiary/aromatic N) is 4. The Bertz CT molecular complexity index is 1360. The van der Waals surface area contributed by atoms with Crippen LogP contribution >= 0.6 is 22.9 Å². The topological polar surface area (TPSA) is 79.4 Å². The summed E-state index contributed by atoms with van der Waals surface area (Å²) in [6.07, 6.45) is 11.4. The molecule has 6 nitrogen and oxygen atoms in total. The smallest absolute Gasteiger partial charge is 0.165 e. The Kier molecular flexibility index (Phi) is 4.91. The molecule has 4 aliphatic carbocycles. The molecule has 4 aliphatic rings. The van der Waals surface area contributed by atoms with Gasteiger partial charge in [-0.05, 0) is 74.3 Å². The van der Waals surface area contributed by atoms with E-state index >= 15 is 0 Å². The molecule has 2 atom stereocenters. The van der Waals surface area contributed by atoms with Gasteiger partial charge in [0.05, 0.1) is 22.3 Å². The van der Waals surface area contributed by atoms with E-state index in [2.05, 4.69) is 45.4 Å². The van der Waals surface area contributed by atoms with Gasteiger partial charge in [-0.25, -0.2) is 19.9 Å². The number of H-pyrrole nitrogens is 1. The van der Waals surface area contributed by atoms with Crippen molar-refractivity contribution in [3.8, 4) is 22.0 Å². The molecule has 0 saturated heterocycles. The molecule has 4 aromatic heterocycles. The van der Waals surface area contributed by atoms with Gasteiger partial charge in [0.25, 0.3) is 0 Å². The largest absolute Gasteiger partial charge is 0.367 e. The van der Waals surface area contributed by atoms with E-state index in [1.165, 1.54) is 48.3 Å². The van der Waals surface area contributed by atoms with Crippen LogP contribution in [-0.4, -0.2) is 31.0 Å². The summed E-state index contributed by atoms with van der Waals surface area (Å²) in [7, 11) is 0. The fraction of sp³-hybridized carbons (Fsp3) is 0.462. The zero-order chi connectivity index (χ0) is 22.8. The summed E-state index contributed by atoms with van der Waals surface area (Å²) in [5.74, 6) is 4.50. The van der Waals surface area contributed by atoms with E-state index < -0.39 is 0 Å². The van der Waals surface area contributed by atoms with Gasteiger partial charge in [-0.2, -0.15) is 0 Å². The Hall–Kier alpha value is -2.51. The van der Waals surface area contributed by atoms with Crippen molar-refractivity contribution in [3.05, 3.63) is 40.6 Å². The third kappa shape index (κ3) is 3.60. The van der Waals surface area contributed by atoms with Crippen LogP contribution in [0.1, 0.15) is 56.2 Å². The Balaban J connectivity index is 1.32. The summed E-state index contributed by atoms with van der Waals surface area (Å²) in [5.41, 5.74) is 3.17. The molecule has 0 radical (unpaired) electrons. The number of halogens is 1. The van der Waals surface area contributed by atoms with Crippen LogP contribution in [0.2, 0.25) is 5.15 Å². The van der Waals surface area contributed by atoms with E-state index in [1.54, 1.807) is 6.20 Å². The lowest BCUT2D eigenvalue weighted by Crippen LogP contribution is -2.47. The molecule has 2 N–H and O–H groups in total. The first kappa shape index (κ1) is 20.8. The lowest BCUT2D eigenvalue weighted by molar-refractivity contribution is 0.0928.